The molecule has 1 rings (SSSR count). The summed E-state index contributed by atoms with van der Waals surface area (Å²) >= 11 is 0. The molecule has 1 saturated heterocycles. The number of unbranched alkanes of at least 4 members (excludes halogenated alkanes) is 8. The maximum atomic E-state index is 12.6. The van der Waals surface area contributed by atoms with Gasteiger partial charge in [0, 0.05) is 54.3 Å². The zero-order valence-electron chi connectivity index (χ0n) is 33.6. The Hall–Kier alpha value is -6.57. The van der Waals surface area contributed by atoms with Crippen molar-refractivity contribution in [3.05, 3.63) is 0 Å². The van der Waals surface area contributed by atoms with Gasteiger partial charge in [0.15, 0.2) is 12.4 Å². The van der Waals surface area contributed by atoms with Crippen LogP contribution in [0.4, 0.5) is 0 Å². The third-order valence-corrected chi connectivity index (χ3v) is 7.74. The van der Waals surface area contributed by atoms with E-state index in [0.717, 1.165) is 38.5 Å². The van der Waals surface area contributed by atoms with Crippen LogP contribution in [0.2, 0.25) is 0 Å². The molecule has 1 aliphatic heterocycles. The molecule has 0 aromatic rings. The first kappa shape index (κ1) is 51.4. The van der Waals surface area contributed by atoms with E-state index in [1.165, 1.54) is 19.3 Å². The highest BCUT2D eigenvalue weighted by atomic mass is 16.7. The molecule has 5 unspecified atom stereocenters. The second-order valence-electron chi connectivity index (χ2n) is 12.3. The van der Waals surface area contributed by atoms with Crippen LogP contribution in [0.15, 0.2) is 0 Å². The molecule has 6 N–H and O–H groups in total. The van der Waals surface area contributed by atoms with Gasteiger partial charge >= 0.3 is 5.97 Å². The van der Waals surface area contributed by atoms with Gasteiger partial charge in [0.1, 0.15) is 30.5 Å². The molecule has 0 spiro atoms. The standard InChI is InChI=1S/C50H46O10/c1-3-5-7-9-11-13-15-17-18-19-20-21-22-23-24-25-26-27-29-31-33-35-37-39-45(53)59-44(41-58-50-49(57)48(56)47(55)43(40-51)60-50)46(54)42(52)38-36-34-32-30-28-16-14-12-10-8-6-4-2/h42-44,46-52,54-57H,4,6,8,10,12,28,30,32,34,36,38,40-41H2,1-2H3/t42-,43?,44-,46+,47?,48?,49?,50?/m0/s1. The third kappa shape index (κ3) is 25.6. The van der Waals surface area contributed by atoms with Gasteiger partial charge in [-0.1, -0.05) is 51.4 Å². The first-order chi connectivity index (χ1) is 29.3. The molecule has 0 radical (unpaired) electrons. The van der Waals surface area contributed by atoms with E-state index in [-0.39, 0.29) is 6.42 Å². The fraction of sp³-hybridized carbons (Fsp3) is 0.460. The third-order valence-electron chi connectivity index (χ3n) is 7.74. The summed E-state index contributed by atoms with van der Waals surface area (Å²) in [7, 11) is 0. The molecule has 306 valence electrons. The molecule has 1 heterocycles. The van der Waals surface area contributed by atoms with Gasteiger partial charge in [-0.15, -0.1) is 11.8 Å². The summed E-state index contributed by atoms with van der Waals surface area (Å²) < 4.78 is 16.1. The number of carbonyl (C=O) groups is 1. The molecular formula is C50H46O10. The summed E-state index contributed by atoms with van der Waals surface area (Å²) in [5.41, 5.74) is 0. The average Bonchev–Trinajstić information content (AvgIpc) is 3.25. The molecule has 0 aromatic heterocycles. The van der Waals surface area contributed by atoms with Crippen LogP contribution in [-0.4, -0.2) is 98.8 Å². The predicted octanol–water partition coefficient (Wildman–Crippen LogP) is 0.812. The second-order valence-corrected chi connectivity index (χ2v) is 12.3. The SMILES string of the molecule is CC#CC#CC#CC#CC#CC#CC#CC#CC#CC#CC#CC#CC(=O)O[C@@H](COC1OC(CO)C(O)C(O)C1O)[C@H](O)[C@@H](O)CCCCCCC#CCCCCCC. The van der Waals surface area contributed by atoms with E-state index >= 15 is 0 Å². The number of carbonyl (C=O) groups excluding carboxylic acids is 1. The van der Waals surface area contributed by atoms with Crippen molar-refractivity contribution in [2.24, 2.45) is 0 Å². The van der Waals surface area contributed by atoms with E-state index in [9.17, 15) is 35.4 Å². The number of aliphatic hydroxyl groups excluding tert-OH is 6. The minimum atomic E-state index is -1.74. The lowest BCUT2D eigenvalue weighted by Crippen LogP contribution is -2.59. The quantitative estimate of drug-likeness (QED) is 0.0537. The van der Waals surface area contributed by atoms with Crippen LogP contribution in [0.25, 0.3) is 0 Å². The highest BCUT2D eigenvalue weighted by Gasteiger charge is 2.44. The lowest BCUT2D eigenvalue weighted by Gasteiger charge is -2.40. The van der Waals surface area contributed by atoms with Crippen molar-refractivity contribution in [3.63, 3.8) is 0 Å². The van der Waals surface area contributed by atoms with Crippen molar-refractivity contribution in [1.82, 2.24) is 0 Å². The van der Waals surface area contributed by atoms with Crippen LogP contribution >= 0.6 is 0 Å². The number of ether oxygens (including phenoxy) is 3. The molecule has 8 atom stereocenters. The monoisotopic (exact) mass is 806 g/mol. The van der Waals surface area contributed by atoms with Crippen molar-refractivity contribution in [1.29, 1.82) is 0 Å². The molecule has 0 aliphatic carbocycles. The summed E-state index contributed by atoms with van der Waals surface area (Å²) in [5, 5.41) is 61.6. The van der Waals surface area contributed by atoms with E-state index < -0.39 is 68.2 Å². The van der Waals surface area contributed by atoms with E-state index in [4.69, 9.17) is 14.2 Å². The first-order valence-corrected chi connectivity index (χ1v) is 19.1. The fourth-order valence-corrected chi connectivity index (χ4v) is 4.69. The Bertz CT molecular complexity index is 2240. The van der Waals surface area contributed by atoms with Gasteiger partial charge in [-0.05, 0) is 121 Å². The maximum Gasteiger partial charge on any atom is 0.385 e. The highest BCUT2D eigenvalue weighted by Crippen LogP contribution is 2.23. The molecule has 10 heteroatoms. The van der Waals surface area contributed by atoms with Crippen LogP contribution in [-0.2, 0) is 19.0 Å². The van der Waals surface area contributed by atoms with Crippen molar-refractivity contribution in [2.45, 2.75) is 133 Å². The van der Waals surface area contributed by atoms with Crippen LogP contribution in [0, 0.1) is 154 Å². The molecule has 0 saturated carbocycles. The smallest absolute Gasteiger partial charge is 0.385 e. The highest BCUT2D eigenvalue weighted by molar-refractivity contribution is 5.89. The van der Waals surface area contributed by atoms with E-state index in [0.29, 0.717) is 6.42 Å². The Labute approximate surface area is 355 Å². The molecule has 1 aliphatic rings. The molecule has 0 aromatic carbocycles. The van der Waals surface area contributed by atoms with Gasteiger partial charge in [0.05, 0.1) is 19.3 Å². The van der Waals surface area contributed by atoms with Crippen molar-refractivity contribution in [3.8, 4) is 154 Å². The van der Waals surface area contributed by atoms with Crippen LogP contribution in [0.1, 0.15) is 84.5 Å². The Kier molecular flexibility index (Phi) is 30.5. The molecule has 0 amide bonds. The lowest BCUT2D eigenvalue weighted by molar-refractivity contribution is -0.306. The normalized spacial score (nSPS) is 17.5. The Morgan fingerprint density at radius 3 is 1.52 bits per heavy atom. The Morgan fingerprint density at radius 1 is 0.600 bits per heavy atom. The summed E-state index contributed by atoms with van der Waals surface area (Å²) in [6, 6.07) is 0. The molecule has 10 nitrogen and oxygen atoms in total. The lowest BCUT2D eigenvalue weighted by atomic mass is 9.99. The Balaban J connectivity index is 2.76. The number of rotatable bonds is 17. The molecule has 0 bridgehead atoms. The summed E-state index contributed by atoms with van der Waals surface area (Å²) in [6.07, 6.45) is -2.58. The van der Waals surface area contributed by atoms with E-state index in [1.54, 1.807) is 6.92 Å². The number of hydrogen-bond donors (Lipinski definition) is 6. The largest absolute Gasteiger partial charge is 0.447 e. The minimum absolute atomic E-state index is 0.183. The Morgan fingerprint density at radius 2 is 1.05 bits per heavy atom. The summed E-state index contributed by atoms with van der Waals surface area (Å²) in [4.78, 5) is 12.6. The summed E-state index contributed by atoms with van der Waals surface area (Å²) in [5.74, 6) is 64.1. The van der Waals surface area contributed by atoms with Crippen LogP contribution < -0.4 is 0 Å². The van der Waals surface area contributed by atoms with Gasteiger partial charge < -0.3 is 44.8 Å². The van der Waals surface area contributed by atoms with E-state index in [1.807, 2.05) is 0 Å². The zero-order valence-corrected chi connectivity index (χ0v) is 33.6. The minimum Gasteiger partial charge on any atom is -0.447 e. The van der Waals surface area contributed by atoms with Gasteiger partial charge in [-0.3, -0.25) is 0 Å². The van der Waals surface area contributed by atoms with Gasteiger partial charge in [0.2, 0.25) is 0 Å². The van der Waals surface area contributed by atoms with Crippen LogP contribution in [0.3, 0.4) is 0 Å². The van der Waals surface area contributed by atoms with Crippen molar-refractivity contribution in [2.75, 3.05) is 13.2 Å². The zero-order chi connectivity index (χ0) is 43.9. The molecular weight excluding hydrogens is 761 g/mol. The molecule has 60 heavy (non-hydrogen) atoms. The number of esters is 1. The topological polar surface area (TPSA) is 166 Å². The van der Waals surface area contributed by atoms with Gasteiger partial charge in [0.25, 0.3) is 0 Å². The average molecular weight is 807 g/mol. The number of hydrogen-bond acceptors (Lipinski definition) is 10. The molecule has 1 fully saturated rings. The first-order valence-electron chi connectivity index (χ1n) is 19.1. The maximum absolute atomic E-state index is 12.6. The van der Waals surface area contributed by atoms with Gasteiger partial charge in [-0.25, -0.2) is 4.79 Å². The van der Waals surface area contributed by atoms with E-state index in [2.05, 4.69) is 161 Å². The van der Waals surface area contributed by atoms with Gasteiger partial charge in [-0.2, -0.15) is 0 Å². The summed E-state index contributed by atoms with van der Waals surface area (Å²) in [6.45, 7) is 2.54. The van der Waals surface area contributed by atoms with Crippen molar-refractivity contribution >= 4 is 5.97 Å². The number of aliphatic hydroxyl groups is 6. The fourth-order valence-electron chi connectivity index (χ4n) is 4.69. The van der Waals surface area contributed by atoms with Crippen LogP contribution in [0.5, 0.6) is 0 Å². The van der Waals surface area contributed by atoms with Crippen molar-refractivity contribution < 1.29 is 49.6 Å². The predicted molar refractivity (Wildman–Crippen MR) is 225 cm³/mol. The second kappa shape index (κ2) is 35.6.